The molecule has 1 saturated carbocycles. The second-order valence-electron chi connectivity index (χ2n) is 5.85. The Labute approximate surface area is 124 Å². The molecule has 3 rings (SSSR count). The lowest BCUT2D eigenvalue weighted by Gasteiger charge is -2.32. The van der Waals surface area contributed by atoms with Gasteiger partial charge in [-0.3, -0.25) is 4.79 Å². The van der Waals surface area contributed by atoms with Crippen molar-refractivity contribution in [1.29, 1.82) is 0 Å². The molecule has 0 spiro atoms. The van der Waals surface area contributed by atoms with E-state index in [0.29, 0.717) is 6.04 Å². The van der Waals surface area contributed by atoms with Crippen LogP contribution >= 0.6 is 0 Å². The molecule has 2 N–H and O–H groups in total. The maximum Gasteiger partial charge on any atom is 0.267 e. The largest absolute Gasteiger partial charge is 0.376 e. The van der Waals surface area contributed by atoms with Gasteiger partial charge in [-0.1, -0.05) is 12.8 Å². The van der Waals surface area contributed by atoms with E-state index >= 15 is 0 Å². The maximum atomic E-state index is 11.3. The van der Waals surface area contributed by atoms with Crippen LogP contribution in [0.15, 0.2) is 12.4 Å². The van der Waals surface area contributed by atoms with Crippen molar-refractivity contribution in [1.82, 2.24) is 9.97 Å². The van der Waals surface area contributed by atoms with Crippen LogP contribution in [0.4, 0.5) is 5.82 Å². The fraction of sp³-hybridized carbons (Fsp3) is 0.667. The number of carbonyl (C=O) groups excluding carboxylic acids is 1. The lowest BCUT2D eigenvalue weighted by atomic mass is 10.1. The van der Waals surface area contributed by atoms with Gasteiger partial charge in [-0.2, -0.15) is 0 Å². The molecule has 2 aliphatic rings. The smallest absolute Gasteiger partial charge is 0.267 e. The van der Waals surface area contributed by atoms with Gasteiger partial charge >= 0.3 is 0 Å². The number of ether oxygens (including phenoxy) is 1. The number of aromatic nitrogens is 2. The number of nitrogens with two attached hydrogens (primary N) is 1. The van der Waals surface area contributed by atoms with Crippen LogP contribution in [-0.4, -0.2) is 41.2 Å². The molecule has 0 radical (unpaired) electrons. The van der Waals surface area contributed by atoms with Gasteiger partial charge in [-0.15, -0.1) is 0 Å². The first-order chi connectivity index (χ1) is 10.2. The molecule has 0 bridgehead atoms. The summed E-state index contributed by atoms with van der Waals surface area (Å²) < 4.78 is 5.77. The van der Waals surface area contributed by atoms with Gasteiger partial charge < -0.3 is 15.4 Å². The zero-order valence-corrected chi connectivity index (χ0v) is 12.2. The quantitative estimate of drug-likeness (QED) is 0.888. The van der Waals surface area contributed by atoms with Crippen molar-refractivity contribution in [3.63, 3.8) is 0 Å². The number of carbonyl (C=O) groups is 1. The minimum atomic E-state index is -0.512. The second-order valence-corrected chi connectivity index (χ2v) is 5.85. The SMILES string of the molecule is NC(=O)c1cc(N(CC2CCCO2)C2CCCC2)ncn1. The van der Waals surface area contributed by atoms with E-state index in [2.05, 4.69) is 14.9 Å². The molecule has 114 valence electrons. The summed E-state index contributed by atoms with van der Waals surface area (Å²) in [5.74, 6) is 0.281. The van der Waals surface area contributed by atoms with Crippen LogP contribution in [0.1, 0.15) is 49.0 Å². The molecule has 0 aromatic carbocycles. The monoisotopic (exact) mass is 290 g/mol. The van der Waals surface area contributed by atoms with Gasteiger partial charge in [0.1, 0.15) is 17.8 Å². The third-order valence-corrected chi connectivity index (χ3v) is 4.39. The molecule has 1 aliphatic carbocycles. The van der Waals surface area contributed by atoms with Crippen molar-refractivity contribution in [3.05, 3.63) is 18.1 Å². The molecule has 2 fully saturated rings. The van der Waals surface area contributed by atoms with E-state index in [4.69, 9.17) is 10.5 Å². The third kappa shape index (κ3) is 3.32. The number of primary amides is 1. The minimum Gasteiger partial charge on any atom is -0.376 e. The first-order valence-corrected chi connectivity index (χ1v) is 7.74. The van der Waals surface area contributed by atoms with Gasteiger partial charge in [0.25, 0.3) is 5.91 Å². The Morgan fingerprint density at radius 3 is 2.76 bits per heavy atom. The highest BCUT2D eigenvalue weighted by Crippen LogP contribution is 2.28. The van der Waals surface area contributed by atoms with E-state index in [0.717, 1.165) is 31.8 Å². The molecule has 1 aromatic heterocycles. The van der Waals surface area contributed by atoms with E-state index in [-0.39, 0.29) is 11.8 Å². The van der Waals surface area contributed by atoms with Gasteiger partial charge in [0, 0.05) is 25.3 Å². The van der Waals surface area contributed by atoms with Crippen LogP contribution in [0, 0.1) is 0 Å². The van der Waals surface area contributed by atoms with Gasteiger partial charge in [-0.25, -0.2) is 9.97 Å². The van der Waals surface area contributed by atoms with Crippen molar-refractivity contribution in [2.24, 2.45) is 5.73 Å². The fourth-order valence-corrected chi connectivity index (χ4v) is 3.29. The molecular weight excluding hydrogens is 268 g/mol. The zero-order chi connectivity index (χ0) is 14.7. The van der Waals surface area contributed by atoms with E-state index in [9.17, 15) is 4.79 Å². The Hall–Kier alpha value is -1.69. The minimum absolute atomic E-state index is 0.262. The molecule has 6 heteroatoms. The van der Waals surface area contributed by atoms with Crippen molar-refractivity contribution in [2.45, 2.75) is 50.7 Å². The normalized spacial score (nSPS) is 22.6. The lowest BCUT2D eigenvalue weighted by Crippen LogP contribution is -2.40. The van der Waals surface area contributed by atoms with Crippen molar-refractivity contribution in [3.8, 4) is 0 Å². The maximum absolute atomic E-state index is 11.3. The van der Waals surface area contributed by atoms with Crippen molar-refractivity contribution in [2.75, 3.05) is 18.1 Å². The summed E-state index contributed by atoms with van der Waals surface area (Å²) >= 11 is 0. The first-order valence-electron chi connectivity index (χ1n) is 7.74. The average Bonchev–Trinajstić information content (AvgIpc) is 3.18. The highest BCUT2D eigenvalue weighted by Gasteiger charge is 2.28. The second kappa shape index (κ2) is 6.39. The highest BCUT2D eigenvalue weighted by atomic mass is 16.5. The molecule has 21 heavy (non-hydrogen) atoms. The molecule has 1 aliphatic heterocycles. The lowest BCUT2D eigenvalue weighted by molar-refractivity contribution is 0.0995. The van der Waals surface area contributed by atoms with Gasteiger partial charge in [0.05, 0.1) is 6.10 Å². The predicted molar refractivity (Wildman–Crippen MR) is 79.1 cm³/mol. The van der Waals surface area contributed by atoms with Crippen LogP contribution < -0.4 is 10.6 Å². The third-order valence-electron chi connectivity index (χ3n) is 4.39. The van der Waals surface area contributed by atoms with Crippen LogP contribution in [0.2, 0.25) is 0 Å². The van der Waals surface area contributed by atoms with Crippen LogP contribution in [-0.2, 0) is 4.74 Å². The molecule has 1 amide bonds. The van der Waals surface area contributed by atoms with Gasteiger partial charge in [-0.05, 0) is 25.7 Å². The van der Waals surface area contributed by atoms with E-state index in [1.807, 2.05) is 0 Å². The summed E-state index contributed by atoms with van der Waals surface area (Å²) in [6.45, 7) is 1.68. The molecule has 1 atom stereocenters. The summed E-state index contributed by atoms with van der Waals surface area (Å²) in [4.78, 5) is 21.9. The van der Waals surface area contributed by atoms with Crippen molar-refractivity contribution >= 4 is 11.7 Å². The standard InChI is InChI=1S/C15H22N4O2/c16-15(20)13-8-14(18-10-17-13)19(11-4-1-2-5-11)9-12-6-3-7-21-12/h8,10-12H,1-7,9H2,(H2,16,20). The Morgan fingerprint density at radius 2 is 2.10 bits per heavy atom. The number of rotatable bonds is 5. The molecule has 1 unspecified atom stereocenters. The Bertz CT molecular complexity index is 496. The van der Waals surface area contributed by atoms with Crippen LogP contribution in [0.3, 0.4) is 0 Å². The summed E-state index contributed by atoms with van der Waals surface area (Å²) in [5.41, 5.74) is 5.60. The number of nitrogens with zero attached hydrogens (tertiary/aromatic N) is 3. The summed E-state index contributed by atoms with van der Waals surface area (Å²) in [5, 5.41) is 0. The average molecular weight is 290 g/mol. The number of hydrogen-bond donors (Lipinski definition) is 1. The van der Waals surface area contributed by atoms with E-state index < -0.39 is 5.91 Å². The topological polar surface area (TPSA) is 81.3 Å². The number of anilines is 1. The fourth-order valence-electron chi connectivity index (χ4n) is 3.29. The molecule has 1 aromatic rings. The van der Waals surface area contributed by atoms with Crippen molar-refractivity contribution < 1.29 is 9.53 Å². The molecule has 2 heterocycles. The van der Waals surface area contributed by atoms with Gasteiger partial charge in [0.2, 0.25) is 0 Å². The Kier molecular flexibility index (Phi) is 4.34. The first kappa shape index (κ1) is 14.3. The Morgan fingerprint density at radius 1 is 1.29 bits per heavy atom. The molecule has 1 saturated heterocycles. The van der Waals surface area contributed by atoms with Crippen LogP contribution in [0.25, 0.3) is 0 Å². The van der Waals surface area contributed by atoms with Crippen LogP contribution in [0.5, 0.6) is 0 Å². The predicted octanol–water partition coefficient (Wildman–Crippen LogP) is 1.50. The Balaban J connectivity index is 1.82. The zero-order valence-electron chi connectivity index (χ0n) is 12.2. The molecular formula is C15H22N4O2. The number of hydrogen-bond acceptors (Lipinski definition) is 5. The van der Waals surface area contributed by atoms with Gasteiger partial charge in [0.15, 0.2) is 0 Å². The van der Waals surface area contributed by atoms with E-state index in [1.54, 1.807) is 6.07 Å². The number of amides is 1. The molecule has 6 nitrogen and oxygen atoms in total. The summed E-state index contributed by atoms with van der Waals surface area (Å²) in [6, 6.07) is 2.18. The highest BCUT2D eigenvalue weighted by molar-refractivity contribution is 5.91. The summed E-state index contributed by atoms with van der Waals surface area (Å²) in [7, 11) is 0. The summed E-state index contributed by atoms with van der Waals surface area (Å²) in [6.07, 6.45) is 8.74. The van der Waals surface area contributed by atoms with E-state index in [1.165, 1.54) is 32.0 Å².